The second-order valence-electron chi connectivity index (χ2n) is 6.46. The van der Waals surface area contributed by atoms with Gasteiger partial charge in [0.15, 0.2) is 9.84 Å². The van der Waals surface area contributed by atoms with Crippen LogP contribution < -0.4 is 0 Å². The van der Waals surface area contributed by atoms with Crippen LogP contribution in [-0.2, 0) is 21.7 Å². The fourth-order valence-electron chi connectivity index (χ4n) is 2.99. The molecule has 1 unspecified atom stereocenters. The molecule has 25 heavy (non-hydrogen) atoms. The Hall–Kier alpha value is -1.94. The van der Waals surface area contributed by atoms with Crippen LogP contribution in [0, 0.1) is 0 Å². The molecule has 136 valence electrons. The maximum atomic E-state index is 12.8. The van der Waals surface area contributed by atoms with E-state index in [0.717, 1.165) is 20.8 Å². The molecule has 0 bridgehead atoms. The molecule has 0 aliphatic carbocycles. The van der Waals surface area contributed by atoms with Gasteiger partial charge < -0.3 is 10.0 Å². The number of carbonyl (C=O) groups excluding carboxylic acids is 1. The van der Waals surface area contributed by atoms with Gasteiger partial charge in [0.2, 0.25) is 0 Å². The molecule has 0 radical (unpaired) electrons. The molecule has 0 saturated carbocycles. The van der Waals surface area contributed by atoms with Gasteiger partial charge in [0.1, 0.15) is 10.9 Å². The Kier molecular flexibility index (Phi) is 4.36. The summed E-state index contributed by atoms with van der Waals surface area (Å²) in [5, 5.41) is 14.7. The molecule has 8 nitrogen and oxygen atoms in total. The number of carbonyl (C=O) groups is 2. The third kappa shape index (κ3) is 3.15. The second-order valence-corrected chi connectivity index (χ2v) is 9.72. The number of aromatic nitrogens is 2. The molecule has 2 aromatic rings. The molecule has 3 rings (SSSR count). The third-order valence-electron chi connectivity index (χ3n) is 4.27. The smallest absolute Gasteiger partial charge is 0.327 e. The first kappa shape index (κ1) is 17.9. The van der Waals surface area contributed by atoms with Crippen molar-refractivity contribution in [3.8, 4) is 0 Å². The molecule has 2 aromatic heterocycles. The van der Waals surface area contributed by atoms with Crippen molar-refractivity contribution in [2.45, 2.75) is 25.8 Å². The number of aryl methyl sites for hydroxylation is 1. The van der Waals surface area contributed by atoms with E-state index >= 15 is 0 Å². The third-order valence-corrected chi connectivity index (χ3v) is 7.09. The molecular weight excluding hydrogens is 366 g/mol. The quantitative estimate of drug-likeness (QED) is 0.847. The van der Waals surface area contributed by atoms with E-state index in [1.54, 1.807) is 17.8 Å². The van der Waals surface area contributed by atoms with Crippen LogP contribution in [0.15, 0.2) is 6.07 Å². The molecule has 1 saturated heterocycles. The molecule has 1 atom stereocenters. The minimum absolute atomic E-state index is 0.109. The predicted molar refractivity (Wildman–Crippen MR) is 93.8 cm³/mol. The van der Waals surface area contributed by atoms with Crippen LogP contribution in [0.5, 0.6) is 0 Å². The highest BCUT2D eigenvalue weighted by Crippen LogP contribution is 2.32. The van der Waals surface area contributed by atoms with Gasteiger partial charge in [-0.1, -0.05) is 13.8 Å². The van der Waals surface area contributed by atoms with E-state index in [1.807, 2.05) is 13.8 Å². The van der Waals surface area contributed by atoms with Gasteiger partial charge in [-0.25, -0.2) is 13.2 Å². The van der Waals surface area contributed by atoms with Gasteiger partial charge in [-0.05, 0) is 12.0 Å². The number of rotatable bonds is 3. The molecule has 1 aliphatic rings. The number of thiophene rings is 1. The summed E-state index contributed by atoms with van der Waals surface area (Å²) in [5.41, 5.74) is 0.879. The summed E-state index contributed by atoms with van der Waals surface area (Å²) < 4.78 is 25.2. The zero-order valence-corrected chi connectivity index (χ0v) is 15.7. The number of aliphatic carboxylic acids is 1. The number of hydrogen-bond donors (Lipinski definition) is 1. The lowest BCUT2D eigenvalue weighted by Crippen LogP contribution is -2.54. The zero-order chi connectivity index (χ0) is 18.5. The lowest BCUT2D eigenvalue weighted by atomic mass is 10.1. The number of fused-ring (bicyclic) bond motifs is 1. The summed E-state index contributed by atoms with van der Waals surface area (Å²) in [4.78, 5) is 26.7. The van der Waals surface area contributed by atoms with Crippen LogP contribution in [-0.4, -0.2) is 64.2 Å². The lowest BCUT2D eigenvalue weighted by Gasteiger charge is -2.32. The van der Waals surface area contributed by atoms with E-state index in [9.17, 15) is 23.1 Å². The molecule has 1 aliphatic heterocycles. The summed E-state index contributed by atoms with van der Waals surface area (Å²) in [7, 11) is -1.65. The van der Waals surface area contributed by atoms with Gasteiger partial charge in [0, 0.05) is 19.0 Å². The summed E-state index contributed by atoms with van der Waals surface area (Å²) in [6, 6.07) is 0.381. The molecule has 1 N–H and O–H groups in total. The Morgan fingerprint density at radius 3 is 2.68 bits per heavy atom. The highest BCUT2D eigenvalue weighted by Gasteiger charge is 2.39. The number of carboxylic acids is 1. The van der Waals surface area contributed by atoms with E-state index in [4.69, 9.17) is 0 Å². The molecule has 3 heterocycles. The second kappa shape index (κ2) is 6.10. The van der Waals surface area contributed by atoms with Crippen molar-refractivity contribution >= 4 is 43.3 Å². The van der Waals surface area contributed by atoms with Gasteiger partial charge in [-0.15, -0.1) is 11.3 Å². The van der Waals surface area contributed by atoms with Crippen molar-refractivity contribution in [2.24, 2.45) is 7.05 Å². The van der Waals surface area contributed by atoms with Crippen molar-refractivity contribution in [1.29, 1.82) is 0 Å². The van der Waals surface area contributed by atoms with Crippen molar-refractivity contribution in [2.75, 3.05) is 18.1 Å². The minimum Gasteiger partial charge on any atom is -0.480 e. The molecule has 1 amide bonds. The standard InChI is InChI=1S/C15H19N3O5S2/c1-8(2)12-9-6-11(24-14(9)17(3)16-12)13(19)18-4-5-25(22,23)7-10(18)15(20)21/h6,8,10H,4-5,7H2,1-3H3,(H,20,21). The van der Waals surface area contributed by atoms with Crippen molar-refractivity contribution < 1.29 is 23.1 Å². The van der Waals surface area contributed by atoms with Gasteiger partial charge in [0.05, 0.1) is 22.1 Å². The minimum atomic E-state index is -3.45. The van der Waals surface area contributed by atoms with Gasteiger partial charge in [0.25, 0.3) is 5.91 Å². The first-order chi connectivity index (χ1) is 11.6. The van der Waals surface area contributed by atoms with Crippen LogP contribution in [0.25, 0.3) is 10.2 Å². The van der Waals surface area contributed by atoms with Gasteiger partial charge in [-0.2, -0.15) is 5.10 Å². The Balaban J connectivity index is 1.98. The largest absolute Gasteiger partial charge is 0.480 e. The van der Waals surface area contributed by atoms with E-state index < -0.39 is 33.5 Å². The Labute approximate surface area is 149 Å². The van der Waals surface area contributed by atoms with Crippen LogP contribution in [0.3, 0.4) is 0 Å². The van der Waals surface area contributed by atoms with Crippen LogP contribution >= 0.6 is 11.3 Å². The topological polar surface area (TPSA) is 110 Å². The highest BCUT2D eigenvalue weighted by molar-refractivity contribution is 7.91. The van der Waals surface area contributed by atoms with E-state index in [2.05, 4.69) is 5.10 Å². The SMILES string of the molecule is CC(C)c1nn(C)c2sc(C(=O)N3CCS(=O)(=O)CC3C(=O)O)cc12. The zero-order valence-electron chi connectivity index (χ0n) is 14.1. The Morgan fingerprint density at radius 1 is 1.40 bits per heavy atom. The van der Waals surface area contributed by atoms with Crippen LogP contribution in [0.2, 0.25) is 0 Å². The van der Waals surface area contributed by atoms with Gasteiger partial charge >= 0.3 is 5.97 Å². The monoisotopic (exact) mass is 385 g/mol. The number of sulfone groups is 1. The Morgan fingerprint density at radius 2 is 2.08 bits per heavy atom. The summed E-state index contributed by atoms with van der Waals surface area (Å²) >= 11 is 1.24. The summed E-state index contributed by atoms with van der Waals surface area (Å²) in [6.45, 7) is 3.91. The molecule has 0 aromatic carbocycles. The average Bonchev–Trinajstić information content (AvgIpc) is 3.06. The maximum Gasteiger partial charge on any atom is 0.327 e. The first-order valence-electron chi connectivity index (χ1n) is 7.81. The van der Waals surface area contributed by atoms with E-state index in [0.29, 0.717) is 4.88 Å². The molecule has 10 heteroatoms. The molecule has 1 fully saturated rings. The van der Waals surface area contributed by atoms with Gasteiger partial charge in [-0.3, -0.25) is 9.48 Å². The molecular formula is C15H19N3O5S2. The maximum absolute atomic E-state index is 12.8. The number of amides is 1. The average molecular weight is 385 g/mol. The fraction of sp³-hybridized carbons (Fsp3) is 0.533. The van der Waals surface area contributed by atoms with Crippen LogP contribution in [0.4, 0.5) is 0 Å². The predicted octanol–water partition coefficient (Wildman–Crippen LogP) is 1.08. The van der Waals surface area contributed by atoms with Crippen LogP contribution in [0.1, 0.15) is 35.1 Å². The van der Waals surface area contributed by atoms with E-state index in [-0.39, 0.29) is 18.2 Å². The summed E-state index contributed by atoms with van der Waals surface area (Å²) in [5.74, 6) is -2.32. The van der Waals surface area contributed by atoms with Crippen molar-refractivity contribution in [1.82, 2.24) is 14.7 Å². The normalized spacial score (nSPS) is 20.3. The van der Waals surface area contributed by atoms with Crippen molar-refractivity contribution in [3.63, 3.8) is 0 Å². The number of nitrogens with zero attached hydrogens (tertiary/aromatic N) is 3. The number of carboxylic acid groups (broad SMARTS) is 1. The van der Waals surface area contributed by atoms with E-state index in [1.165, 1.54) is 11.3 Å². The number of hydrogen-bond acceptors (Lipinski definition) is 6. The Bertz CT molecular complexity index is 957. The fourth-order valence-corrected chi connectivity index (χ4v) is 5.48. The first-order valence-corrected chi connectivity index (χ1v) is 10.4. The van der Waals surface area contributed by atoms with Crippen molar-refractivity contribution in [3.05, 3.63) is 16.6 Å². The highest BCUT2D eigenvalue weighted by atomic mass is 32.2. The summed E-state index contributed by atoms with van der Waals surface area (Å²) in [6.07, 6.45) is 0. The molecule has 0 spiro atoms. The lowest BCUT2D eigenvalue weighted by molar-refractivity contribution is -0.141.